The van der Waals surface area contributed by atoms with Gasteiger partial charge in [-0.2, -0.15) is 0 Å². The Morgan fingerprint density at radius 1 is 1.47 bits per heavy atom. The van der Waals surface area contributed by atoms with E-state index in [1.54, 1.807) is 7.11 Å². The molecule has 1 aromatic rings. The number of aromatic nitrogens is 1. The van der Waals surface area contributed by atoms with E-state index in [9.17, 15) is 4.79 Å². The van der Waals surface area contributed by atoms with Crippen LogP contribution in [0.5, 0.6) is 0 Å². The number of hydrogen-bond donors (Lipinski definition) is 0. The molecule has 1 heterocycles. The van der Waals surface area contributed by atoms with Crippen LogP contribution in [0.2, 0.25) is 0 Å². The second-order valence-electron chi connectivity index (χ2n) is 4.66. The molecule has 0 atom stereocenters. The van der Waals surface area contributed by atoms with Crippen molar-refractivity contribution in [2.45, 2.75) is 44.6 Å². The predicted octanol–water partition coefficient (Wildman–Crippen LogP) is 2.32. The summed E-state index contributed by atoms with van der Waals surface area (Å²) in [4.78, 5) is 16.5. The number of aryl methyl sites for hydroxylation is 1. The number of methoxy groups -OCH3 is 1. The molecular weight excluding hydrogens is 214 g/mol. The SMILES string of the molecule is CCc1ccc(CC(=O)C2(OC)CCC2)nc1. The normalized spacial score (nSPS) is 17.5. The van der Waals surface area contributed by atoms with Gasteiger partial charge in [-0.05, 0) is 37.3 Å². The third-order valence-corrected chi connectivity index (χ3v) is 3.70. The van der Waals surface area contributed by atoms with Gasteiger partial charge >= 0.3 is 0 Å². The van der Waals surface area contributed by atoms with Gasteiger partial charge in [-0.15, -0.1) is 0 Å². The van der Waals surface area contributed by atoms with E-state index in [1.807, 2.05) is 18.3 Å². The Balaban J connectivity index is 2.02. The van der Waals surface area contributed by atoms with Crippen molar-refractivity contribution >= 4 is 5.78 Å². The van der Waals surface area contributed by atoms with Gasteiger partial charge in [-0.1, -0.05) is 13.0 Å². The van der Waals surface area contributed by atoms with E-state index in [-0.39, 0.29) is 5.78 Å². The molecule has 3 heteroatoms. The van der Waals surface area contributed by atoms with Crippen LogP contribution in [0, 0.1) is 0 Å². The van der Waals surface area contributed by atoms with Crippen LogP contribution in [0.25, 0.3) is 0 Å². The third-order valence-electron chi connectivity index (χ3n) is 3.70. The smallest absolute Gasteiger partial charge is 0.170 e. The monoisotopic (exact) mass is 233 g/mol. The Bertz CT molecular complexity index is 388. The average Bonchev–Trinajstić information content (AvgIpc) is 2.29. The van der Waals surface area contributed by atoms with Crippen LogP contribution in [0.1, 0.15) is 37.4 Å². The summed E-state index contributed by atoms with van der Waals surface area (Å²) in [5.74, 6) is 0.169. The predicted molar refractivity (Wildman–Crippen MR) is 65.9 cm³/mol. The second kappa shape index (κ2) is 4.96. The van der Waals surface area contributed by atoms with Crippen LogP contribution < -0.4 is 0 Å². The summed E-state index contributed by atoms with van der Waals surface area (Å²) < 4.78 is 5.38. The fourth-order valence-corrected chi connectivity index (χ4v) is 2.19. The number of hydrogen-bond acceptors (Lipinski definition) is 3. The van der Waals surface area contributed by atoms with Gasteiger partial charge in [0.25, 0.3) is 0 Å². The van der Waals surface area contributed by atoms with E-state index in [4.69, 9.17) is 4.74 Å². The van der Waals surface area contributed by atoms with Crippen LogP contribution in [0.3, 0.4) is 0 Å². The lowest BCUT2D eigenvalue weighted by atomic mass is 9.75. The van der Waals surface area contributed by atoms with Crippen molar-refractivity contribution in [2.75, 3.05) is 7.11 Å². The van der Waals surface area contributed by atoms with E-state index in [0.717, 1.165) is 31.4 Å². The van der Waals surface area contributed by atoms with E-state index in [1.165, 1.54) is 5.56 Å². The zero-order valence-corrected chi connectivity index (χ0v) is 10.5. The van der Waals surface area contributed by atoms with Crippen LogP contribution >= 0.6 is 0 Å². The molecule has 0 aromatic carbocycles. The molecular formula is C14H19NO2. The maximum Gasteiger partial charge on any atom is 0.170 e. The standard InChI is InChI=1S/C14H19NO2/c1-3-11-5-6-12(15-10-11)9-13(16)14(17-2)7-4-8-14/h5-6,10H,3-4,7-9H2,1-2H3. The number of carbonyl (C=O) groups excluding carboxylic acids is 1. The van der Waals surface area contributed by atoms with Gasteiger partial charge in [-0.25, -0.2) is 0 Å². The topological polar surface area (TPSA) is 39.2 Å². The first-order valence-electron chi connectivity index (χ1n) is 6.22. The quantitative estimate of drug-likeness (QED) is 0.783. The van der Waals surface area contributed by atoms with Crippen LogP contribution in [0.15, 0.2) is 18.3 Å². The molecule has 0 N–H and O–H groups in total. The number of Topliss-reactive ketones (excluding diaryl/α,β-unsaturated/α-hetero) is 1. The van der Waals surface area contributed by atoms with Crippen molar-refractivity contribution in [3.8, 4) is 0 Å². The molecule has 0 saturated heterocycles. The minimum Gasteiger partial charge on any atom is -0.370 e. The Kier molecular flexibility index (Phi) is 3.57. The highest BCUT2D eigenvalue weighted by atomic mass is 16.5. The Labute approximate surface area is 102 Å². The summed E-state index contributed by atoms with van der Waals surface area (Å²) in [6, 6.07) is 3.98. The molecule has 0 amide bonds. The van der Waals surface area contributed by atoms with Gasteiger partial charge in [0.2, 0.25) is 0 Å². The van der Waals surface area contributed by atoms with Gasteiger partial charge in [0.15, 0.2) is 5.78 Å². The zero-order valence-electron chi connectivity index (χ0n) is 10.5. The van der Waals surface area contributed by atoms with E-state index in [0.29, 0.717) is 6.42 Å². The van der Waals surface area contributed by atoms with Crippen LogP contribution in [-0.2, 0) is 22.4 Å². The van der Waals surface area contributed by atoms with E-state index >= 15 is 0 Å². The first-order valence-corrected chi connectivity index (χ1v) is 6.22. The molecule has 1 fully saturated rings. The molecule has 1 saturated carbocycles. The van der Waals surface area contributed by atoms with Crippen molar-refractivity contribution in [1.82, 2.24) is 4.98 Å². The number of carbonyl (C=O) groups is 1. The largest absolute Gasteiger partial charge is 0.370 e. The number of ether oxygens (including phenoxy) is 1. The summed E-state index contributed by atoms with van der Waals surface area (Å²) in [6.07, 6.45) is 6.01. The molecule has 1 aliphatic carbocycles. The fourth-order valence-electron chi connectivity index (χ4n) is 2.19. The third kappa shape index (κ3) is 2.39. The molecule has 0 bridgehead atoms. The fraction of sp³-hybridized carbons (Fsp3) is 0.571. The molecule has 92 valence electrons. The highest BCUT2D eigenvalue weighted by molar-refractivity contribution is 5.89. The summed E-state index contributed by atoms with van der Waals surface area (Å²) in [5.41, 5.74) is 1.53. The number of ketones is 1. The van der Waals surface area contributed by atoms with Gasteiger partial charge in [0, 0.05) is 19.0 Å². The number of nitrogens with zero attached hydrogens (tertiary/aromatic N) is 1. The molecule has 3 nitrogen and oxygen atoms in total. The molecule has 2 rings (SSSR count). The molecule has 0 aliphatic heterocycles. The highest BCUT2D eigenvalue weighted by Gasteiger charge is 2.43. The first-order chi connectivity index (χ1) is 8.20. The van der Waals surface area contributed by atoms with Crippen molar-refractivity contribution in [2.24, 2.45) is 0 Å². The zero-order chi connectivity index (χ0) is 12.3. The Hall–Kier alpha value is -1.22. The van der Waals surface area contributed by atoms with Crippen molar-refractivity contribution in [1.29, 1.82) is 0 Å². The van der Waals surface area contributed by atoms with Gasteiger partial charge in [-0.3, -0.25) is 9.78 Å². The van der Waals surface area contributed by atoms with E-state index < -0.39 is 5.60 Å². The highest BCUT2D eigenvalue weighted by Crippen LogP contribution is 2.36. The molecule has 1 aromatic heterocycles. The minimum absolute atomic E-state index is 0.169. The average molecular weight is 233 g/mol. The maximum atomic E-state index is 12.1. The molecule has 1 aliphatic rings. The second-order valence-corrected chi connectivity index (χ2v) is 4.66. The number of rotatable bonds is 5. The first kappa shape index (κ1) is 12.2. The van der Waals surface area contributed by atoms with Crippen LogP contribution in [0.4, 0.5) is 0 Å². The molecule has 17 heavy (non-hydrogen) atoms. The van der Waals surface area contributed by atoms with E-state index in [2.05, 4.69) is 11.9 Å². The van der Waals surface area contributed by atoms with Crippen molar-refractivity contribution in [3.63, 3.8) is 0 Å². The summed E-state index contributed by atoms with van der Waals surface area (Å²) in [7, 11) is 1.63. The lowest BCUT2D eigenvalue weighted by Gasteiger charge is -2.38. The lowest BCUT2D eigenvalue weighted by Crippen LogP contribution is -2.47. The van der Waals surface area contributed by atoms with Crippen molar-refractivity contribution < 1.29 is 9.53 Å². The molecule has 0 unspecified atom stereocenters. The van der Waals surface area contributed by atoms with Crippen LogP contribution in [-0.4, -0.2) is 23.5 Å². The molecule has 0 radical (unpaired) electrons. The Morgan fingerprint density at radius 2 is 2.24 bits per heavy atom. The molecule has 0 spiro atoms. The Morgan fingerprint density at radius 3 is 2.65 bits per heavy atom. The van der Waals surface area contributed by atoms with Gasteiger partial charge in [0.1, 0.15) is 5.60 Å². The van der Waals surface area contributed by atoms with Gasteiger partial charge < -0.3 is 4.74 Å². The number of pyridine rings is 1. The summed E-state index contributed by atoms with van der Waals surface area (Å²) in [5, 5.41) is 0. The lowest BCUT2D eigenvalue weighted by molar-refractivity contribution is -0.151. The van der Waals surface area contributed by atoms with Gasteiger partial charge in [0.05, 0.1) is 6.42 Å². The summed E-state index contributed by atoms with van der Waals surface area (Å²) in [6.45, 7) is 2.09. The minimum atomic E-state index is -0.509. The maximum absolute atomic E-state index is 12.1. The van der Waals surface area contributed by atoms with Crippen molar-refractivity contribution in [3.05, 3.63) is 29.6 Å². The summed E-state index contributed by atoms with van der Waals surface area (Å²) >= 11 is 0.